The molecule has 0 heterocycles. The van der Waals surface area contributed by atoms with E-state index in [9.17, 15) is 0 Å². The number of hydrogen-bond acceptors (Lipinski definition) is 1. The lowest BCUT2D eigenvalue weighted by atomic mass is 9.97. The van der Waals surface area contributed by atoms with Gasteiger partial charge in [0, 0.05) is 0 Å². The smallest absolute Gasteiger partial charge is 0.0700 e. The van der Waals surface area contributed by atoms with Crippen LogP contribution in [0.1, 0.15) is 29.5 Å². The second-order valence-electron chi connectivity index (χ2n) is 4.60. The van der Waals surface area contributed by atoms with Gasteiger partial charge in [-0.05, 0) is 41.2 Å². The normalized spacial score (nSPS) is 13.6. The van der Waals surface area contributed by atoms with Gasteiger partial charge in [0.1, 0.15) is 0 Å². The van der Waals surface area contributed by atoms with Crippen molar-refractivity contribution in [1.82, 2.24) is 0 Å². The Balaban J connectivity index is 2.11. The average molecular weight is 219 g/mol. The minimum absolute atomic E-state index is 0.0241. The minimum atomic E-state index is -0.0241. The highest BCUT2D eigenvalue weighted by molar-refractivity contribution is 5.77. The van der Waals surface area contributed by atoms with Crippen LogP contribution in [0.25, 0.3) is 11.1 Å². The second kappa shape index (κ2) is 3.75. The first-order valence-electron chi connectivity index (χ1n) is 5.90. The summed E-state index contributed by atoms with van der Waals surface area (Å²) >= 11 is 0. The van der Waals surface area contributed by atoms with Crippen LogP contribution in [0, 0.1) is 11.3 Å². The summed E-state index contributed by atoms with van der Waals surface area (Å²) in [5, 5.41) is 8.96. The Labute approximate surface area is 101 Å². The van der Waals surface area contributed by atoms with Gasteiger partial charge < -0.3 is 0 Å². The third-order valence-corrected chi connectivity index (χ3v) is 3.51. The molecule has 0 saturated carbocycles. The van der Waals surface area contributed by atoms with E-state index in [4.69, 9.17) is 5.26 Å². The first-order valence-corrected chi connectivity index (χ1v) is 5.90. The first-order chi connectivity index (χ1) is 8.29. The van der Waals surface area contributed by atoms with Crippen molar-refractivity contribution in [1.29, 1.82) is 5.26 Å². The van der Waals surface area contributed by atoms with Gasteiger partial charge in [0.05, 0.1) is 12.0 Å². The Kier molecular flexibility index (Phi) is 2.23. The Morgan fingerprint density at radius 1 is 1.06 bits per heavy atom. The van der Waals surface area contributed by atoms with Gasteiger partial charge in [0.2, 0.25) is 0 Å². The molecule has 1 atom stereocenters. The van der Waals surface area contributed by atoms with E-state index in [0.29, 0.717) is 0 Å². The zero-order valence-electron chi connectivity index (χ0n) is 9.77. The summed E-state index contributed by atoms with van der Waals surface area (Å²) in [6.45, 7) is 1.95. The average Bonchev–Trinajstić information content (AvgIpc) is 2.75. The number of rotatable bonds is 1. The highest BCUT2D eigenvalue weighted by atomic mass is 14.3. The van der Waals surface area contributed by atoms with Crippen molar-refractivity contribution in [3.8, 4) is 17.2 Å². The summed E-state index contributed by atoms with van der Waals surface area (Å²) in [7, 11) is 0. The summed E-state index contributed by atoms with van der Waals surface area (Å²) in [6, 6.07) is 17.2. The predicted molar refractivity (Wildman–Crippen MR) is 68.7 cm³/mol. The maximum Gasteiger partial charge on any atom is 0.0700 e. The van der Waals surface area contributed by atoms with Crippen LogP contribution in [0.5, 0.6) is 0 Å². The number of hydrogen-bond donors (Lipinski definition) is 0. The van der Waals surface area contributed by atoms with Crippen LogP contribution in [-0.4, -0.2) is 0 Å². The minimum Gasteiger partial charge on any atom is -0.198 e. The van der Waals surface area contributed by atoms with Gasteiger partial charge in [-0.15, -0.1) is 0 Å². The highest BCUT2D eigenvalue weighted by Gasteiger charge is 2.18. The van der Waals surface area contributed by atoms with Crippen LogP contribution >= 0.6 is 0 Å². The molecule has 1 aliphatic rings. The van der Waals surface area contributed by atoms with Crippen LogP contribution < -0.4 is 0 Å². The molecule has 0 N–H and O–H groups in total. The molecule has 2 aromatic carbocycles. The van der Waals surface area contributed by atoms with E-state index in [0.717, 1.165) is 12.0 Å². The lowest BCUT2D eigenvalue weighted by molar-refractivity contribution is 0.977. The van der Waals surface area contributed by atoms with Gasteiger partial charge in [0.25, 0.3) is 0 Å². The van der Waals surface area contributed by atoms with Crippen molar-refractivity contribution in [3.05, 3.63) is 59.2 Å². The van der Waals surface area contributed by atoms with E-state index in [2.05, 4.69) is 48.5 Å². The Morgan fingerprint density at radius 3 is 2.65 bits per heavy atom. The highest BCUT2D eigenvalue weighted by Crippen LogP contribution is 2.37. The summed E-state index contributed by atoms with van der Waals surface area (Å²) < 4.78 is 0. The van der Waals surface area contributed by atoms with Crippen LogP contribution in [0.2, 0.25) is 0 Å². The SMILES string of the molecule is C[C@@H](C#N)c1ccc2c(c1)Cc1ccccc1-2. The topological polar surface area (TPSA) is 23.8 Å². The lowest BCUT2D eigenvalue weighted by Gasteiger charge is -2.06. The zero-order chi connectivity index (χ0) is 11.8. The van der Waals surface area contributed by atoms with Gasteiger partial charge >= 0.3 is 0 Å². The molecule has 0 unspecified atom stereocenters. The van der Waals surface area contributed by atoms with Gasteiger partial charge in [0.15, 0.2) is 0 Å². The molecule has 1 aliphatic carbocycles. The Bertz CT molecular complexity index is 620. The van der Waals surface area contributed by atoms with Crippen LogP contribution in [0.4, 0.5) is 0 Å². The van der Waals surface area contributed by atoms with Crippen molar-refractivity contribution >= 4 is 0 Å². The summed E-state index contributed by atoms with van der Waals surface area (Å²) in [5.41, 5.74) is 6.54. The molecular weight excluding hydrogens is 206 g/mol. The molecule has 0 saturated heterocycles. The third kappa shape index (κ3) is 1.54. The van der Waals surface area contributed by atoms with Gasteiger partial charge in [-0.2, -0.15) is 5.26 Å². The Morgan fingerprint density at radius 2 is 1.82 bits per heavy atom. The molecule has 0 fully saturated rings. The molecule has 0 radical (unpaired) electrons. The van der Waals surface area contributed by atoms with E-state index in [-0.39, 0.29) is 5.92 Å². The second-order valence-corrected chi connectivity index (χ2v) is 4.60. The zero-order valence-corrected chi connectivity index (χ0v) is 9.77. The maximum atomic E-state index is 8.96. The van der Waals surface area contributed by atoms with Crippen LogP contribution in [0.15, 0.2) is 42.5 Å². The molecule has 0 spiro atoms. The standard InChI is InChI=1S/C16H13N/c1-11(10-17)12-6-7-16-14(8-12)9-13-4-2-3-5-15(13)16/h2-8,11H,9H2,1H3/t11-/m0/s1. The molecule has 1 heteroatoms. The number of benzene rings is 2. The number of fused-ring (bicyclic) bond motifs is 3. The largest absolute Gasteiger partial charge is 0.198 e. The van der Waals surface area contributed by atoms with E-state index in [1.807, 2.05) is 6.92 Å². The maximum absolute atomic E-state index is 8.96. The molecule has 82 valence electrons. The van der Waals surface area contributed by atoms with Crippen molar-refractivity contribution in [2.24, 2.45) is 0 Å². The van der Waals surface area contributed by atoms with Gasteiger partial charge in [-0.25, -0.2) is 0 Å². The quantitative estimate of drug-likeness (QED) is 0.609. The van der Waals surface area contributed by atoms with Crippen LogP contribution in [0.3, 0.4) is 0 Å². The lowest BCUT2D eigenvalue weighted by Crippen LogP contribution is -1.91. The fraction of sp³-hybridized carbons (Fsp3) is 0.188. The van der Waals surface area contributed by atoms with Crippen molar-refractivity contribution in [2.75, 3.05) is 0 Å². The van der Waals surface area contributed by atoms with E-state index >= 15 is 0 Å². The fourth-order valence-electron chi connectivity index (χ4n) is 2.51. The number of nitrogens with zero attached hydrogens (tertiary/aromatic N) is 1. The predicted octanol–water partition coefficient (Wildman–Crippen LogP) is 3.88. The van der Waals surface area contributed by atoms with Crippen molar-refractivity contribution in [2.45, 2.75) is 19.3 Å². The Hall–Kier alpha value is -2.07. The molecule has 17 heavy (non-hydrogen) atoms. The van der Waals surface area contributed by atoms with Gasteiger partial charge in [-0.3, -0.25) is 0 Å². The molecular formula is C16H13N. The summed E-state index contributed by atoms with van der Waals surface area (Å²) in [6.07, 6.45) is 0.998. The van der Waals surface area contributed by atoms with Crippen LogP contribution in [-0.2, 0) is 6.42 Å². The molecule has 3 rings (SSSR count). The molecule has 0 aliphatic heterocycles. The fourth-order valence-corrected chi connectivity index (χ4v) is 2.51. The number of nitriles is 1. The molecule has 0 amide bonds. The van der Waals surface area contributed by atoms with Gasteiger partial charge in [-0.1, -0.05) is 42.5 Å². The first kappa shape index (κ1) is 10.1. The summed E-state index contributed by atoms with van der Waals surface area (Å²) in [5.74, 6) is -0.0241. The molecule has 1 nitrogen and oxygen atoms in total. The monoisotopic (exact) mass is 219 g/mol. The van der Waals surface area contributed by atoms with E-state index < -0.39 is 0 Å². The molecule has 0 bridgehead atoms. The third-order valence-electron chi connectivity index (χ3n) is 3.51. The summed E-state index contributed by atoms with van der Waals surface area (Å²) in [4.78, 5) is 0. The molecule has 0 aromatic heterocycles. The molecule has 2 aromatic rings. The van der Waals surface area contributed by atoms with Crippen molar-refractivity contribution < 1.29 is 0 Å². The van der Waals surface area contributed by atoms with E-state index in [1.165, 1.54) is 22.3 Å². The van der Waals surface area contributed by atoms with Crippen molar-refractivity contribution in [3.63, 3.8) is 0 Å². The van der Waals surface area contributed by atoms with E-state index in [1.54, 1.807) is 0 Å².